The molecule has 0 heterocycles. The van der Waals surface area contributed by atoms with Crippen LogP contribution in [0.3, 0.4) is 0 Å². The lowest BCUT2D eigenvalue weighted by molar-refractivity contribution is -0.139. The number of rotatable bonds is 9. The third-order valence-electron chi connectivity index (χ3n) is 6.00. The molecule has 0 saturated heterocycles. The van der Waals surface area contributed by atoms with Gasteiger partial charge in [0.15, 0.2) is 0 Å². The second-order valence-corrected chi connectivity index (χ2v) is 11.0. The monoisotopic (exact) mass is 545 g/mol. The summed E-state index contributed by atoms with van der Waals surface area (Å²) in [5.41, 5.74) is 2.31. The van der Waals surface area contributed by atoms with E-state index in [0.717, 1.165) is 9.87 Å². The van der Waals surface area contributed by atoms with Crippen molar-refractivity contribution >= 4 is 39.1 Å². The molecule has 1 N–H and O–H groups in total. The Morgan fingerprint density at radius 1 is 1.00 bits per heavy atom. The molecule has 0 aliphatic heterocycles. The van der Waals surface area contributed by atoms with Crippen LogP contribution in [0.5, 0.6) is 0 Å². The van der Waals surface area contributed by atoms with E-state index in [4.69, 9.17) is 11.6 Å². The zero-order valence-corrected chi connectivity index (χ0v) is 22.6. The minimum absolute atomic E-state index is 0.0182. The van der Waals surface area contributed by atoms with Crippen LogP contribution >= 0.6 is 11.6 Å². The van der Waals surface area contributed by atoms with Gasteiger partial charge in [0.05, 0.1) is 10.6 Å². The number of likely N-dealkylation sites (N-methyl/N-ethyl adjacent to an activating group) is 1. The molecule has 2 amide bonds. The first-order valence-electron chi connectivity index (χ1n) is 11.5. The van der Waals surface area contributed by atoms with Crippen LogP contribution in [0, 0.1) is 19.7 Å². The first-order chi connectivity index (χ1) is 17.4. The molecule has 7 nitrogen and oxygen atoms in total. The molecular formula is C27H29ClFN3O4S. The van der Waals surface area contributed by atoms with Gasteiger partial charge in [-0.3, -0.25) is 13.9 Å². The maximum atomic E-state index is 13.8. The maximum absolute atomic E-state index is 13.8. The zero-order chi connectivity index (χ0) is 27.3. The van der Waals surface area contributed by atoms with E-state index in [9.17, 15) is 22.4 Å². The van der Waals surface area contributed by atoms with Crippen molar-refractivity contribution in [3.05, 3.63) is 94.3 Å². The lowest BCUT2D eigenvalue weighted by Gasteiger charge is -2.32. The van der Waals surface area contributed by atoms with Gasteiger partial charge in [0.2, 0.25) is 11.8 Å². The fourth-order valence-electron chi connectivity index (χ4n) is 3.83. The number of hydrogen-bond donors (Lipinski definition) is 1. The molecular weight excluding hydrogens is 517 g/mol. The SMILES string of the molecule is CNC(=O)C(C)N(Cc1ccc(F)cc1)C(=O)CN(c1ccc(Cl)cc1C)S(=O)(=O)c1ccc(C)cc1. The molecule has 3 rings (SSSR count). The third kappa shape index (κ3) is 6.67. The Bertz CT molecular complexity index is 1380. The van der Waals surface area contributed by atoms with Gasteiger partial charge in [-0.25, -0.2) is 12.8 Å². The average Bonchev–Trinajstić information content (AvgIpc) is 2.86. The summed E-state index contributed by atoms with van der Waals surface area (Å²) in [5.74, 6) is -1.47. The Morgan fingerprint density at radius 2 is 1.62 bits per heavy atom. The van der Waals surface area contributed by atoms with Gasteiger partial charge in [-0.2, -0.15) is 0 Å². The van der Waals surface area contributed by atoms with E-state index in [-0.39, 0.29) is 17.1 Å². The number of hydrogen-bond acceptors (Lipinski definition) is 4. The first kappa shape index (κ1) is 28.1. The Kier molecular flexibility index (Phi) is 8.94. The molecule has 1 unspecified atom stereocenters. The summed E-state index contributed by atoms with van der Waals surface area (Å²) < 4.78 is 42.1. The molecule has 3 aromatic carbocycles. The highest BCUT2D eigenvalue weighted by Crippen LogP contribution is 2.29. The minimum atomic E-state index is -4.17. The minimum Gasteiger partial charge on any atom is -0.357 e. The highest BCUT2D eigenvalue weighted by molar-refractivity contribution is 7.92. The molecule has 0 aliphatic carbocycles. The molecule has 0 spiro atoms. The van der Waals surface area contributed by atoms with E-state index >= 15 is 0 Å². The second-order valence-electron chi connectivity index (χ2n) is 8.69. The number of benzene rings is 3. The summed E-state index contributed by atoms with van der Waals surface area (Å²) in [6.07, 6.45) is 0. The fourth-order valence-corrected chi connectivity index (χ4v) is 5.53. The molecule has 0 radical (unpaired) electrons. The van der Waals surface area contributed by atoms with E-state index in [1.165, 1.54) is 48.3 Å². The molecule has 0 saturated carbocycles. The van der Waals surface area contributed by atoms with Crippen molar-refractivity contribution in [2.24, 2.45) is 0 Å². The highest BCUT2D eigenvalue weighted by Gasteiger charge is 2.33. The molecule has 1 atom stereocenters. The van der Waals surface area contributed by atoms with Crippen LogP contribution in [0.1, 0.15) is 23.6 Å². The van der Waals surface area contributed by atoms with Gasteiger partial charge < -0.3 is 10.2 Å². The number of carbonyl (C=O) groups is 2. The van der Waals surface area contributed by atoms with E-state index in [2.05, 4.69) is 5.32 Å². The molecule has 0 fully saturated rings. The predicted octanol–water partition coefficient (Wildman–Crippen LogP) is 4.45. The molecule has 196 valence electrons. The van der Waals surface area contributed by atoms with Crippen LogP contribution in [-0.2, 0) is 26.2 Å². The van der Waals surface area contributed by atoms with Crippen molar-refractivity contribution in [3.8, 4) is 0 Å². The molecule has 37 heavy (non-hydrogen) atoms. The fraction of sp³-hybridized carbons (Fsp3) is 0.259. The molecule has 0 aliphatic rings. The summed E-state index contributed by atoms with van der Waals surface area (Å²) in [6.45, 7) is 4.50. The number of anilines is 1. The van der Waals surface area contributed by atoms with Gasteiger partial charge in [0.1, 0.15) is 18.4 Å². The third-order valence-corrected chi connectivity index (χ3v) is 8.00. The number of amides is 2. The van der Waals surface area contributed by atoms with Crippen molar-refractivity contribution in [1.29, 1.82) is 0 Å². The normalized spacial score (nSPS) is 12.1. The number of carbonyl (C=O) groups excluding carboxylic acids is 2. The largest absolute Gasteiger partial charge is 0.357 e. The van der Waals surface area contributed by atoms with E-state index in [1.54, 1.807) is 44.2 Å². The predicted molar refractivity (Wildman–Crippen MR) is 142 cm³/mol. The van der Waals surface area contributed by atoms with Gasteiger partial charge in [0.25, 0.3) is 10.0 Å². The average molecular weight is 546 g/mol. The topological polar surface area (TPSA) is 86.8 Å². The van der Waals surface area contributed by atoms with Gasteiger partial charge in [0, 0.05) is 18.6 Å². The van der Waals surface area contributed by atoms with Crippen molar-refractivity contribution in [1.82, 2.24) is 10.2 Å². The summed E-state index contributed by atoms with van der Waals surface area (Å²) in [6, 6.07) is 15.6. The van der Waals surface area contributed by atoms with Crippen LogP contribution in [0.2, 0.25) is 5.02 Å². The summed E-state index contributed by atoms with van der Waals surface area (Å²) in [7, 11) is -2.72. The van der Waals surface area contributed by atoms with Gasteiger partial charge >= 0.3 is 0 Å². The van der Waals surface area contributed by atoms with Crippen LogP contribution in [-0.4, -0.2) is 44.8 Å². The van der Waals surface area contributed by atoms with Crippen molar-refractivity contribution in [2.75, 3.05) is 17.9 Å². The van der Waals surface area contributed by atoms with Crippen LogP contribution in [0.4, 0.5) is 10.1 Å². The van der Waals surface area contributed by atoms with Crippen molar-refractivity contribution in [2.45, 2.75) is 38.3 Å². The van der Waals surface area contributed by atoms with Crippen molar-refractivity contribution in [3.63, 3.8) is 0 Å². The highest BCUT2D eigenvalue weighted by atomic mass is 35.5. The number of nitrogens with one attached hydrogen (secondary N) is 1. The molecule has 0 bridgehead atoms. The second kappa shape index (κ2) is 11.7. The smallest absolute Gasteiger partial charge is 0.264 e. The molecule has 0 aromatic heterocycles. The summed E-state index contributed by atoms with van der Waals surface area (Å²) >= 11 is 6.11. The lowest BCUT2D eigenvalue weighted by Crippen LogP contribution is -2.50. The Balaban J connectivity index is 2.06. The number of aryl methyl sites for hydroxylation is 2. The first-order valence-corrected chi connectivity index (χ1v) is 13.4. The standard InChI is InChI=1S/C27H29ClFN3O4S/c1-18-5-12-24(13-6-18)37(35,36)32(25-14-9-22(28)15-19(25)2)17-26(33)31(20(3)27(34)30-4)16-21-7-10-23(29)11-8-21/h5-15,20H,16-17H2,1-4H3,(H,30,34). The summed E-state index contributed by atoms with van der Waals surface area (Å²) in [4.78, 5) is 27.5. The Morgan fingerprint density at radius 3 is 2.19 bits per heavy atom. The van der Waals surface area contributed by atoms with Crippen LogP contribution in [0.25, 0.3) is 0 Å². The summed E-state index contributed by atoms with van der Waals surface area (Å²) in [5, 5.41) is 2.94. The Hall–Kier alpha value is -3.43. The van der Waals surface area contributed by atoms with Gasteiger partial charge in [-0.15, -0.1) is 0 Å². The molecule has 3 aromatic rings. The zero-order valence-electron chi connectivity index (χ0n) is 21.0. The van der Waals surface area contributed by atoms with E-state index in [0.29, 0.717) is 16.1 Å². The lowest BCUT2D eigenvalue weighted by atomic mass is 10.1. The van der Waals surface area contributed by atoms with Crippen LogP contribution < -0.4 is 9.62 Å². The van der Waals surface area contributed by atoms with Crippen LogP contribution in [0.15, 0.2) is 71.6 Å². The quantitative estimate of drug-likeness (QED) is 0.430. The van der Waals surface area contributed by atoms with Gasteiger partial charge in [-0.05, 0) is 74.4 Å². The molecule has 10 heteroatoms. The van der Waals surface area contributed by atoms with Crippen molar-refractivity contribution < 1.29 is 22.4 Å². The number of nitrogens with zero attached hydrogens (tertiary/aromatic N) is 2. The number of halogens is 2. The number of sulfonamides is 1. The van der Waals surface area contributed by atoms with E-state index < -0.39 is 40.2 Å². The van der Waals surface area contributed by atoms with Gasteiger partial charge in [-0.1, -0.05) is 41.4 Å². The Labute approximate surface area is 221 Å². The van der Waals surface area contributed by atoms with E-state index in [1.807, 2.05) is 6.92 Å². The maximum Gasteiger partial charge on any atom is 0.264 e.